The van der Waals surface area contributed by atoms with Gasteiger partial charge in [0.05, 0.1) is 52.4 Å². The van der Waals surface area contributed by atoms with Gasteiger partial charge >= 0.3 is 0 Å². The molecule has 1 N–H and O–H groups in total. The van der Waals surface area contributed by atoms with Gasteiger partial charge in [-0.15, -0.1) is 0 Å². The molecule has 0 aliphatic heterocycles. The maximum absolute atomic E-state index is 9.10. The van der Waals surface area contributed by atoms with Crippen molar-refractivity contribution in [1.82, 2.24) is 0 Å². The maximum Gasteiger partial charge on any atom is 0.115 e. The Morgan fingerprint density at radius 1 is 0.423 bits per heavy atom. The second kappa shape index (κ2) is 33.6. The zero-order valence-electron chi connectivity index (χ0n) is 35.0. The van der Waals surface area contributed by atoms with E-state index >= 15 is 0 Å². The fraction of sp³-hybridized carbons (Fsp3) is 0.727. The highest BCUT2D eigenvalue weighted by Crippen LogP contribution is 2.21. The van der Waals surface area contributed by atoms with Crippen LogP contribution in [0.5, 0.6) is 5.75 Å². The second-order valence-corrected chi connectivity index (χ2v) is 15.4. The largest absolute Gasteiger partial charge is 0.759 e. The molecule has 2 rings (SSSR count). The number of nitrogens with zero attached hydrogens (tertiary/aromatic N) is 2. The Labute approximate surface area is 323 Å². The molecular weight excluding hydrogens is 669 g/mol. The molecule has 0 fully saturated rings. The minimum atomic E-state index is -5.17. The molecule has 2 aromatic carbocycles. The van der Waals surface area contributed by atoms with E-state index in [4.69, 9.17) is 22.6 Å². The monoisotopic (exact) mass is 751 g/mol. The Balaban J connectivity index is 0. The second-order valence-electron chi connectivity index (χ2n) is 14.6. The lowest BCUT2D eigenvalue weighted by atomic mass is 10.1. The molecule has 2 aromatic rings. The van der Waals surface area contributed by atoms with E-state index in [-0.39, 0.29) is 0 Å². The van der Waals surface area contributed by atoms with Crippen molar-refractivity contribution in [2.45, 2.75) is 158 Å². The topological polar surface area (TPSA) is 100 Å². The van der Waals surface area contributed by atoms with Gasteiger partial charge in [-0.05, 0) is 74.6 Å². The molecule has 0 spiro atoms. The Morgan fingerprint density at radius 2 is 0.635 bits per heavy atom. The molecule has 0 saturated heterocycles. The van der Waals surface area contributed by atoms with Crippen molar-refractivity contribution in [3.63, 3.8) is 0 Å². The molecule has 7 nitrogen and oxygen atoms in total. The summed E-state index contributed by atoms with van der Waals surface area (Å²) in [6, 6.07) is 17.3. The van der Waals surface area contributed by atoms with Crippen molar-refractivity contribution < 1.29 is 31.6 Å². The van der Waals surface area contributed by atoms with E-state index in [1.807, 2.05) is 42.5 Å². The van der Waals surface area contributed by atoms with Crippen LogP contribution in [-0.2, 0) is 10.4 Å². The maximum atomic E-state index is 9.10. The van der Waals surface area contributed by atoms with Crippen molar-refractivity contribution in [3.05, 3.63) is 54.6 Å². The van der Waals surface area contributed by atoms with Gasteiger partial charge in [0.25, 0.3) is 0 Å². The van der Waals surface area contributed by atoms with Crippen molar-refractivity contribution in [1.29, 1.82) is 0 Å². The van der Waals surface area contributed by atoms with Crippen LogP contribution in [0.15, 0.2) is 54.6 Å². The summed E-state index contributed by atoms with van der Waals surface area (Å²) >= 11 is 0. The minimum absolute atomic E-state index is 0.305. The molecule has 304 valence electrons. The van der Waals surface area contributed by atoms with Crippen LogP contribution >= 0.6 is 0 Å². The highest BCUT2D eigenvalue weighted by atomic mass is 32.3. The number of benzene rings is 2. The van der Waals surface area contributed by atoms with E-state index in [2.05, 4.69) is 55.4 Å². The van der Waals surface area contributed by atoms with Gasteiger partial charge < -0.3 is 23.2 Å². The Bertz CT molecular complexity index is 1020. The van der Waals surface area contributed by atoms with Gasteiger partial charge in [0, 0.05) is 10.4 Å². The fourth-order valence-corrected chi connectivity index (χ4v) is 6.57. The summed E-state index contributed by atoms with van der Waals surface area (Å²) in [4.78, 5) is 0. The van der Waals surface area contributed by atoms with Crippen molar-refractivity contribution in [2.24, 2.45) is 0 Å². The quantitative estimate of drug-likeness (QED) is 0.0618. The normalized spacial score (nSPS) is 11.4. The van der Waals surface area contributed by atoms with E-state index in [1.165, 1.54) is 170 Å². The van der Waals surface area contributed by atoms with Gasteiger partial charge in [0.15, 0.2) is 0 Å². The number of phenols is 1. The third kappa shape index (κ3) is 29.5. The predicted octanol–water partition coefficient (Wildman–Crippen LogP) is 11.7. The van der Waals surface area contributed by atoms with Gasteiger partial charge in [-0.1, -0.05) is 149 Å². The van der Waals surface area contributed by atoms with E-state index in [9.17, 15) is 0 Å². The van der Waals surface area contributed by atoms with Crippen molar-refractivity contribution >= 4 is 10.4 Å². The van der Waals surface area contributed by atoms with E-state index in [0.29, 0.717) is 5.75 Å². The molecule has 0 amide bonds. The standard InChI is InChI=1S/2C16H36N.C12H10O.H2O4S/c2*1-5-9-13-17(14-10-6-2,15-11-7-3)16-12-8-4;13-12-8-6-11(7-9-12)10-4-2-1-3-5-10;1-5(2,3)4/h2*5-16H2,1-4H3;1-9,13H;(H2,1,2,3,4)/q2*+1;;/p-2. The zero-order valence-corrected chi connectivity index (χ0v) is 35.9. The van der Waals surface area contributed by atoms with Crippen LogP contribution in [0.1, 0.15) is 158 Å². The summed E-state index contributed by atoms with van der Waals surface area (Å²) in [7, 11) is -5.17. The van der Waals surface area contributed by atoms with Gasteiger partial charge in [-0.2, -0.15) is 0 Å². The molecule has 0 atom stereocenters. The Morgan fingerprint density at radius 3 is 0.846 bits per heavy atom. The van der Waals surface area contributed by atoms with Crippen LogP contribution in [0.25, 0.3) is 11.1 Å². The molecule has 0 heterocycles. The number of unbranched alkanes of at least 4 members (excludes halogenated alkanes) is 8. The molecule has 52 heavy (non-hydrogen) atoms. The van der Waals surface area contributed by atoms with Crippen molar-refractivity contribution in [3.8, 4) is 16.9 Å². The number of quaternary nitrogens is 2. The minimum Gasteiger partial charge on any atom is -0.759 e. The fourth-order valence-electron chi connectivity index (χ4n) is 6.57. The van der Waals surface area contributed by atoms with E-state index < -0.39 is 10.4 Å². The summed E-state index contributed by atoms with van der Waals surface area (Å²) in [5, 5.41) is 9.10. The Kier molecular flexibility index (Phi) is 33.7. The SMILES string of the molecule is CCCC[N+](CCCC)(CCCC)CCCC.CCCC[N+](CCCC)(CCCC)CCCC.O=S(=O)([O-])[O-].Oc1ccc(-c2ccccc2)cc1. The summed E-state index contributed by atoms with van der Waals surface area (Å²) in [6.45, 7) is 30.0. The van der Waals surface area contributed by atoms with Crippen LogP contribution in [0.2, 0.25) is 0 Å². The number of hydrogen-bond acceptors (Lipinski definition) is 5. The molecule has 0 aliphatic rings. The molecule has 0 aromatic heterocycles. The number of hydrogen-bond donors (Lipinski definition) is 1. The first-order valence-electron chi connectivity index (χ1n) is 21.1. The molecular formula is C44H82N2O5S. The third-order valence-electron chi connectivity index (χ3n) is 9.86. The molecule has 0 bridgehead atoms. The van der Waals surface area contributed by atoms with Gasteiger partial charge in [-0.25, -0.2) is 0 Å². The highest BCUT2D eigenvalue weighted by molar-refractivity contribution is 7.79. The predicted molar refractivity (Wildman–Crippen MR) is 223 cm³/mol. The lowest BCUT2D eigenvalue weighted by molar-refractivity contribution is -0.929. The van der Waals surface area contributed by atoms with Crippen LogP contribution in [-0.4, -0.2) is 84.0 Å². The molecule has 8 heteroatoms. The lowest BCUT2D eigenvalue weighted by Gasteiger charge is -2.39. The first-order valence-corrected chi connectivity index (χ1v) is 22.4. The highest BCUT2D eigenvalue weighted by Gasteiger charge is 2.25. The van der Waals surface area contributed by atoms with E-state index in [0.717, 1.165) is 5.56 Å². The summed E-state index contributed by atoms with van der Waals surface area (Å²) in [5.41, 5.74) is 2.29. The number of aromatic hydroxyl groups is 1. The summed E-state index contributed by atoms with van der Waals surface area (Å²) in [6.07, 6.45) is 22.1. The zero-order chi connectivity index (χ0) is 39.6. The Hall–Kier alpha value is -1.97. The molecule has 0 unspecified atom stereocenters. The summed E-state index contributed by atoms with van der Waals surface area (Å²) < 4.78 is 36.9. The lowest BCUT2D eigenvalue weighted by Crippen LogP contribution is -2.50. The van der Waals surface area contributed by atoms with Crippen LogP contribution in [0.4, 0.5) is 0 Å². The molecule has 0 radical (unpaired) electrons. The van der Waals surface area contributed by atoms with Crippen LogP contribution < -0.4 is 0 Å². The average Bonchev–Trinajstić information content (AvgIpc) is 3.14. The smallest absolute Gasteiger partial charge is 0.115 e. The third-order valence-corrected chi connectivity index (χ3v) is 9.86. The number of rotatable bonds is 25. The van der Waals surface area contributed by atoms with E-state index in [1.54, 1.807) is 12.1 Å². The number of phenolic OH excluding ortho intramolecular Hbond substituents is 1. The van der Waals surface area contributed by atoms with Crippen LogP contribution in [0.3, 0.4) is 0 Å². The average molecular weight is 751 g/mol. The summed E-state index contributed by atoms with van der Waals surface area (Å²) in [5.74, 6) is 0.305. The molecule has 0 saturated carbocycles. The first-order chi connectivity index (χ1) is 24.8. The first kappa shape index (κ1) is 52.1. The van der Waals surface area contributed by atoms with Crippen LogP contribution in [0, 0.1) is 0 Å². The van der Waals surface area contributed by atoms with Gasteiger partial charge in [0.2, 0.25) is 0 Å². The van der Waals surface area contributed by atoms with Gasteiger partial charge in [0.1, 0.15) is 5.75 Å². The van der Waals surface area contributed by atoms with Gasteiger partial charge in [-0.3, -0.25) is 8.42 Å². The molecule has 0 aliphatic carbocycles. The van der Waals surface area contributed by atoms with Crippen molar-refractivity contribution in [2.75, 3.05) is 52.4 Å².